The van der Waals surface area contributed by atoms with E-state index in [1.165, 1.54) is 24.5 Å². The molecule has 11 heteroatoms. The van der Waals surface area contributed by atoms with Gasteiger partial charge in [-0.05, 0) is 69.1 Å². The van der Waals surface area contributed by atoms with Crippen LogP contribution in [0.3, 0.4) is 0 Å². The Morgan fingerprint density at radius 3 is 2.36 bits per heavy atom. The Balaban J connectivity index is 1.19. The predicted molar refractivity (Wildman–Crippen MR) is 149 cm³/mol. The first-order valence-corrected chi connectivity index (χ1v) is 14.6. The van der Waals surface area contributed by atoms with Gasteiger partial charge in [0.2, 0.25) is 0 Å². The lowest BCUT2D eigenvalue weighted by Gasteiger charge is -2.51. The maximum Gasteiger partial charge on any atom is 0.417 e. The van der Waals surface area contributed by atoms with Crippen molar-refractivity contribution in [2.75, 3.05) is 0 Å². The summed E-state index contributed by atoms with van der Waals surface area (Å²) in [5, 5.41) is 14.0. The molecule has 7 rings (SSSR count). The summed E-state index contributed by atoms with van der Waals surface area (Å²) in [6, 6.07) is 3.56. The lowest BCUT2D eigenvalue weighted by atomic mass is 9.59. The van der Waals surface area contributed by atoms with E-state index in [9.17, 15) is 18.0 Å². The zero-order valence-corrected chi connectivity index (χ0v) is 24.0. The van der Waals surface area contributed by atoms with Gasteiger partial charge in [-0.3, -0.25) is 9.78 Å². The standard InChI is InChI=1S/C31H27Cl2F3N2O4/c32-23-15-37-16-24(33)26(23)27-21(28(42-38-27)20-3-4-20)17-41-30-10-7-29(8-11-30,9-12-30)6-5-19-2-1-18(14-25(39)40)13-22(19)31(34,35)36/h1-2,13,15-16,20H,3-4,7-12,14,17H2,(H,39,40). The molecule has 3 aromatic rings. The number of nitrogens with zero attached hydrogens (tertiary/aromatic N) is 2. The van der Waals surface area contributed by atoms with Crippen LogP contribution in [0.1, 0.15) is 85.3 Å². The van der Waals surface area contributed by atoms with Crippen molar-refractivity contribution in [3.05, 3.63) is 68.7 Å². The first-order chi connectivity index (χ1) is 20.0. The van der Waals surface area contributed by atoms with Crippen LogP contribution in [0.15, 0.2) is 35.1 Å². The monoisotopic (exact) mass is 618 g/mol. The highest BCUT2D eigenvalue weighted by Gasteiger charge is 2.49. The van der Waals surface area contributed by atoms with Crippen molar-refractivity contribution in [1.29, 1.82) is 0 Å². The summed E-state index contributed by atoms with van der Waals surface area (Å²) in [7, 11) is 0. The van der Waals surface area contributed by atoms with Crippen molar-refractivity contribution in [3.8, 4) is 23.1 Å². The fourth-order valence-corrected chi connectivity index (χ4v) is 6.71. The number of pyridine rings is 1. The van der Waals surface area contributed by atoms with E-state index in [2.05, 4.69) is 22.0 Å². The quantitative estimate of drug-likeness (QED) is 0.268. The molecule has 0 unspecified atom stereocenters. The van der Waals surface area contributed by atoms with E-state index in [4.69, 9.17) is 37.6 Å². The number of benzene rings is 1. The molecule has 0 spiro atoms. The van der Waals surface area contributed by atoms with Crippen molar-refractivity contribution in [2.24, 2.45) is 5.41 Å². The molecule has 2 heterocycles. The van der Waals surface area contributed by atoms with Gasteiger partial charge in [0, 0.05) is 40.4 Å². The smallest absolute Gasteiger partial charge is 0.417 e. The predicted octanol–water partition coefficient (Wildman–Crippen LogP) is 8.23. The summed E-state index contributed by atoms with van der Waals surface area (Å²) in [4.78, 5) is 15.0. The van der Waals surface area contributed by atoms with Gasteiger partial charge < -0.3 is 14.4 Å². The first kappa shape index (κ1) is 29.0. The van der Waals surface area contributed by atoms with Crippen LogP contribution >= 0.6 is 23.2 Å². The van der Waals surface area contributed by atoms with Gasteiger partial charge in [0.25, 0.3) is 0 Å². The highest BCUT2D eigenvalue weighted by atomic mass is 35.5. The molecule has 6 nitrogen and oxygen atoms in total. The average Bonchev–Trinajstić information content (AvgIpc) is 3.71. The zero-order chi connectivity index (χ0) is 29.7. The second-order valence-corrected chi connectivity index (χ2v) is 12.4. The minimum absolute atomic E-state index is 0.0881. The number of aliphatic carboxylic acids is 1. The van der Waals surface area contributed by atoms with Gasteiger partial charge in [-0.2, -0.15) is 13.2 Å². The maximum absolute atomic E-state index is 13.8. The number of ether oxygens (including phenoxy) is 1. The van der Waals surface area contributed by atoms with Gasteiger partial charge in [0.1, 0.15) is 11.5 Å². The van der Waals surface area contributed by atoms with E-state index >= 15 is 0 Å². The van der Waals surface area contributed by atoms with Crippen molar-refractivity contribution >= 4 is 29.2 Å². The minimum Gasteiger partial charge on any atom is -0.481 e. The van der Waals surface area contributed by atoms with E-state index in [-0.39, 0.29) is 28.7 Å². The third kappa shape index (κ3) is 5.77. The number of hydrogen-bond acceptors (Lipinski definition) is 5. The number of hydrogen-bond donors (Lipinski definition) is 1. The Labute approximate surface area is 250 Å². The SMILES string of the molecule is O=C(O)Cc1ccc(C#CC23CCC(OCc4c(-c5c(Cl)cncc5Cl)noc4C4CC4)(CC2)CC3)c(C(F)(F)F)c1. The Morgan fingerprint density at radius 1 is 1.10 bits per heavy atom. The van der Waals surface area contributed by atoms with E-state index in [0.717, 1.165) is 49.5 Å². The molecule has 0 radical (unpaired) electrons. The van der Waals surface area contributed by atoms with E-state index < -0.39 is 24.1 Å². The van der Waals surface area contributed by atoms with E-state index in [0.29, 0.717) is 46.5 Å². The molecule has 4 fully saturated rings. The number of alkyl halides is 3. The zero-order valence-electron chi connectivity index (χ0n) is 22.5. The molecule has 0 atom stereocenters. The van der Waals surface area contributed by atoms with Gasteiger partial charge >= 0.3 is 12.1 Å². The topological polar surface area (TPSA) is 85.5 Å². The molecule has 0 saturated heterocycles. The van der Waals surface area contributed by atoms with Crippen LogP contribution in [0, 0.1) is 17.3 Å². The molecule has 4 aliphatic rings. The Kier molecular flexibility index (Phi) is 7.53. The highest BCUT2D eigenvalue weighted by Crippen LogP contribution is 2.54. The molecule has 1 aromatic carbocycles. The molecule has 0 aliphatic heterocycles. The largest absolute Gasteiger partial charge is 0.481 e. The third-order valence-corrected chi connectivity index (χ3v) is 9.34. The number of aromatic nitrogens is 2. The molecule has 1 N–H and O–H groups in total. The highest BCUT2D eigenvalue weighted by molar-refractivity contribution is 6.38. The van der Waals surface area contributed by atoms with Gasteiger partial charge in [0.15, 0.2) is 0 Å². The Bertz CT molecular complexity index is 1560. The number of halogens is 5. The van der Waals surface area contributed by atoms with Crippen LogP contribution in [0.4, 0.5) is 13.2 Å². The average molecular weight is 619 g/mol. The van der Waals surface area contributed by atoms with Crippen LogP contribution in [0.25, 0.3) is 11.3 Å². The summed E-state index contributed by atoms with van der Waals surface area (Å²) >= 11 is 12.9. The van der Waals surface area contributed by atoms with E-state index in [1.807, 2.05) is 0 Å². The molecule has 220 valence electrons. The molecular weight excluding hydrogens is 592 g/mol. The molecule has 2 aromatic heterocycles. The van der Waals surface area contributed by atoms with Crippen LogP contribution in [-0.2, 0) is 28.7 Å². The second kappa shape index (κ2) is 10.9. The van der Waals surface area contributed by atoms with Gasteiger partial charge in [-0.15, -0.1) is 0 Å². The Morgan fingerprint density at radius 2 is 1.76 bits per heavy atom. The minimum atomic E-state index is -4.64. The molecule has 2 bridgehead atoms. The molecule has 42 heavy (non-hydrogen) atoms. The number of rotatable bonds is 7. The van der Waals surface area contributed by atoms with Crippen LogP contribution in [0.2, 0.25) is 10.0 Å². The van der Waals surface area contributed by atoms with Gasteiger partial charge in [-0.25, -0.2) is 0 Å². The van der Waals surface area contributed by atoms with Crippen molar-refractivity contribution < 1.29 is 32.3 Å². The number of carbonyl (C=O) groups is 1. The molecule has 4 aliphatic carbocycles. The molecular formula is C31H27Cl2F3N2O4. The number of fused-ring (bicyclic) bond motifs is 3. The summed E-state index contributed by atoms with van der Waals surface area (Å²) in [6.07, 6.45) is 4.31. The number of carboxylic acid groups (broad SMARTS) is 1. The third-order valence-electron chi connectivity index (χ3n) is 8.76. The summed E-state index contributed by atoms with van der Waals surface area (Å²) in [5.74, 6) is 5.90. The lowest BCUT2D eigenvalue weighted by molar-refractivity contribution is -0.139. The van der Waals surface area contributed by atoms with Crippen molar-refractivity contribution in [1.82, 2.24) is 10.1 Å². The maximum atomic E-state index is 13.8. The lowest BCUT2D eigenvalue weighted by Crippen LogP contribution is -2.47. The summed E-state index contributed by atoms with van der Waals surface area (Å²) in [5.41, 5.74) is 0.280. The number of carboxylic acids is 1. The first-order valence-electron chi connectivity index (χ1n) is 13.8. The van der Waals surface area contributed by atoms with Crippen molar-refractivity contribution in [3.63, 3.8) is 0 Å². The molecule has 4 saturated carbocycles. The van der Waals surface area contributed by atoms with Gasteiger partial charge in [0.05, 0.1) is 34.2 Å². The fourth-order valence-electron chi connectivity index (χ4n) is 6.16. The fraction of sp³-hybridized carbons (Fsp3) is 0.452. The summed E-state index contributed by atoms with van der Waals surface area (Å²) < 4.78 is 53.7. The normalized spacial score (nSPS) is 23.5. The van der Waals surface area contributed by atoms with E-state index in [1.54, 1.807) is 0 Å². The Hall–Kier alpha value is -3.06. The summed E-state index contributed by atoms with van der Waals surface area (Å²) in [6.45, 7) is 0.288. The van der Waals surface area contributed by atoms with Crippen molar-refractivity contribution in [2.45, 2.75) is 82.1 Å². The van der Waals surface area contributed by atoms with Crippen LogP contribution in [0.5, 0.6) is 0 Å². The van der Waals surface area contributed by atoms with Crippen LogP contribution in [-0.4, -0.2) is 26.8 Å². The van der Waals surface area contributed by atoms with Gasteiger partial charge in [-0.1, -0.05) is 46.3 Å². The van der Waals surface area contributed by atoms with Crippen LogP contribution < -0.4 is 0 Å². The molecule has 0 amide bonds. The second-order valence-electron chi connectivity index (χ2n) is 11.6.